The lowest BCUT2D eigenvalue weighted by molar-refractivity contribution is -0.0690. The molecule has 1 aliphatic rings. The van der Waals surface area contributed by atoms with Crippen LogP contribution in [-0.2, 0) is 9.47 Å². The summed E-state index contributed by atoms with van der Waals surface area (Å²) in [5.41, 5.74) is -0.542. The molecule has 2 heteroatoms. The fourth-order valence-corrected chi connectivity index (χ4v) is 1.42. The molecule has 2 unspecified atom stereocenters. The van der Waals surface area contributed by atoms with Gasteiger partial charge in [-0.2, -0.15) is 0 Å². The highest BCUT2D eigenvalue weighted by atomic mass is 16.5. The highest BCUT2D eigenvalue weighted by molar-refractivity contribution is 5.25. The monoisotopic (exact) mass is 181 g/mol. The SMILES string of the molecule is [CH2]C1(OCC)C=CC=CC1OCC. The highest BCUT2D eigenvalue weighted by Crippen LogP contribution is 2.24. The van der Waals surface area contributed by atoms with Gasteiger partial charge < -0.3 is 9.47 Å². The first-order valence-electron chi connectivity index (χ1n) is 4.70. The Morgan fingerprint density at radius 1 is 1.31 bits per heavy atom. The zero-order valence-electron chi connectivity index (χ0n) is 8.32. The molecule has 0 saturated heterocycles. The van der Waals surface area contributed by atoms with Crippen molar-refractivity contribution in [1.82, 2.24) is 0 Å². The predicted molar refractivity (Wildman–Crippen MR) is 53.4 cm³/mol. The van der Waals surface area contributed by atoms with Crippen LogP contribution in [0, 0.1) is 6.92 Å². The largest absolute Gasteiger partial charge is 0.371 e. The second-order valence-electron chi connectivity index (χ2n) is 3.01. The van der Waals surface area contributed by atoms with Crippen molar-refractivity contribution in [2.75, 3.05) is 13.2 Å². The number of hydrogen-bond acceptors (Lipinski definition) is 2. The summed E-state index contributed by atoms with van der Waals surface area (Å²) in [5, 5.41) is 0. The zero-order chi connectivity index (χ0) is 9.73. The molecule has 0 spiro atoms. The first-order chi connectivity index (χ1) is 6.23. The van der Waals surface area contributed by atoms with E-state index in [9.17, 15) is 0 Å². The molecule has 0 fully saturated rings. The van der Waals surface area contributed by atoms with Crippen LogP contribution in [0.1, 0.15) is 13.8 Å². The highest BCUT2D eigenvalue weighted by Gasteiger charge is 2.32. The van der Waals surface area contributed by atoms with Crippen LogP contribution in [0.3, 0.4) is 0 Å². The molecule has 0 N–H and O–H groups in total. The normalized spacial score (nSPS) is 32.4. The van der Waals surface area contributed by atoms with Crippen molar-refractivity contribution in [3.63, 3.8) is 0 Å². The molecule has 0 aromatic carbocycles. The minimum Gasteiger partial charge on any atom is -0.371 e. The Balaban J connectivity index is 2.68. The van der Waals surface area contributed by atoms with Gasteiger partial charge in [0.25, 0.3) is 0 Å². The molecule has 1 aliphatic carbocycles. The van der Waals surface area contributed by atoms with Crippen LogP contribution in [-0.4, -0.2) is 24.9 Å². The number of allylic oxidation sites excluding steroid dienone is 2. The molecular weight excluding hydrogens is 164 g/mol. The first-order valence-corrected chi connectivity index (χ1v) is 4.70. The maximum atomic E-state index is 5.56. The van der Waals surface area contributed by atoms with Crippen molar-refractivity contribution in [1.29, 1.82) is 0 Å². The van der Waals surface area contributed by atoms with E-state index in [-0.39, 0.29) is 6.10 Å². The summed E-state index contributed by atoms with van der Waals surface area (Å²) < 4.78 is 11.1. The van der Waals surface area contributed by atoms with E-state index in [1.165, 1.54) is 0 Å². The Kier molecular flexibility index (Phi) is 3.70. The average Bonchev–Trinajstić information content (AvgIpc) is 2.10. The predicted octanol–water partition coefficient (Wildman–Crippen LogP) is 2.13. The molecule has 0 bridgehead atoms. The summed E-state index contributed by atoms with van der Waals surface area (Å²) in [4.78, 5) is 0. The molecule has 1 radical (unpaired) electrons. The number of hydrogen-bond donors (Lipinski definition) is 0. The van der Waals surface area contributed by atoms with Crippen LogP contribution < -0.4 is 0 Å². The lowest BCUT2D eigenvalue weighted by Crippen LogP contribution is -2.42. The van der Waals surface area contributed by atoms with Crippen LogP contribution in [0.2, 0.25) is 0 Å². The maximum absolute atomic E-state index is 5.56. The van der Waals surface area contributed by atoms with Crippen LogP contribution in [0.15, 0.2) is 24.3 Å². The summed E-state index contributed by atoms with van der Waals surface area (Å²) in [6.07, 6.45) is 7.76. The topological polar surface area (TPSA) is 18.5 Å². The third kappa shape index (κ3) is 2.42. The first kappa shape index (κ1) is 10.5. The molecular formula is C11H17O2. The van der Waals surface area contributed by atoms with Gasteiger partial charge in [0.15, 0.2) is 0 Å². The molecule has 73 valence electrons. The van der Waals surface area contributed by atoms with Gasteiger partial charge in [-0.1, -0.05) is 18.2 Å². The van der Waals surface area contributed by atoms with Crippen molar-refractivity contribution in [3.8, 4) is 0 Å². The molecule has 0 heterocycles. The Hall–Kier alpha value is -0.600. The lowest BCUT2D eigenvalue weighted by Gasteiger charge is -2.34. The Labute approximate surface area is 80.2 Å². The van der Waals surface area contributed by atoms with Crippen molar-refractivity contribution in [3.05, 3.63) is 31.2 Å². The van der Waals surface area contributed by atoms with E-state index in [4.69, 9.17) is 9.47 Å². The van der Waals surface area contributed by atoms with Gasteiger partial charge in [-0.15, -0.1) is 0 Å². The Bertz CT molecular complexity index is 208. The minimum atomic E-state index is -0.542. The van der Waals surface area contributed by atoms with E-state index in [0.29, 0.717) is 13.2 Å². The van der Waals surface area contributed by atoms with Crippen LogP contribution in [0.4, 0.5) is 0 Å². The van der Waals surface area contributed by atoms with Gasteiger partial charge in [0.05, 0.1) is 0 Å². The van der Waals surface area contributed by atoms with E-state index in [1.54, 1.807) is 0 Å². The third-order valence-electron chi connectivity index (χ3n) is 2.02. The Morgan fingerprint density at radius 2 is 2.08 bits per heavy atom. The van der Waals surface area contributed by atoms with E-state index in [2.05, 4.69) is 6.92 Å². The second kappa shape index (κ2) is 4.58. The molecule has 13 heavy (non-hydrogen) atoms. The smallest absolute Gasteiger partial charge is 0.116 e. The van der Waals surface area contributed by atoms with Crippen molar-refractivity contribution >= 4 is 0 Å². The van der Waals surface area contributed by atoms with Gasteiger partial charge >= 0.3 is 0 Å². The van der Waals surface area contributed by atoms with E-state index in [0.717, 1.165) is 0 Å². The van der Waals surface area contributed by atoms with Crippen LogP contribution in [0.25, 0.3) is 0 Å². The summed E-state index contributed by atoms with van der Waals surface area (Å²) in [5.74, 6) is 0. The summed E-state index contributed by atoms with van der Waals surface area (Å²) in [6.45, 7) is 9.28. The molecule has 0 aromatic heterocycles. The fraction of sp³-hybridized carbons (Fsp3) is 0.545. The fourth-order valence-electron chi connectivity index (χ4n) is 1.42. The summed E-state index contributed by atoms with van der Waals surface area (Å²) in [6, 6.07) is 0. The second-order valence-corrected chi connectivity index (χ2v) is 3.01. The third-order valence-corrected chi connectivity index (χ3v) is 2.02. The van der Waals surface area contributed by atoms with Gasteiger partial charge in [-0.05, 0) is 26.8 Å². The average molecular weight is 181 g/mol. The number of rotatable bonds is 4. The molecule has 1 rings (SSSR count). The van der Waals surface area contributed by atoms with Crippen molar-refractivity contribution in [2.24, 2.45) is 0 Å². The van der Waals surface area contributed by atoms with Crippen LogP contribution in [0.5, 0.6) is 0 Å². The minimum absolute atomic E-state index is 0.0672. The van der Waals surface area contributed by atoms with E-state index in [1.807, 2.05) is 38.2 Å². The van der Waals surface area contributed by atoms with Gasteiger partial charge in [0, 0.05) is 13.2 Å². The van der Waals surface area contributed by atoms with Crippen molar-refractivity contribution < 1.29 is 9.47 Å². The van der Waals surface area contributed by atoms with E-state index >= 15 is 0 Å². The van der Waals surface area contributed by atoms with Gasteiger partial charge in [-0.25, -0.2) is 0 Å². The summed E-state index contributed by atoms with van der Waals surface area (Å²) in [7, 11) is 0. The lowest BCUT2D eigenvalue weighted by atomic mass is 9.94. The zero-order valence-corrected chi connectivity index (χ0v) is 8.32. The standard InChI is InChI=1S/C11H17O2/c1-4-12-10-8-6-7-9-11(10,3)13-5-2/h6-10H,3-5H2,1-2H3. The van der Waals surface area contributed by atoms with E-state index < -0.39 is 5.60 Å². The molecule has 2 atom stereocenters. The van der Waals surface area contributed by atoms with Gasteiger partial charge in [0.2, 0.25) is 0 Å². The number of ether oxygens (including phenoxy) is 2. The van der Waals surface area contributed by atoms with Crippen molar-refractivity contribution in [2.45, 2.75) is 25.6 Å². The molecule has 2 nitrogen and oxygen atoms in total. The Morgan fingerprint density at radius 3 is 2.69 bits per heavy atom. The molecule has 0 aromatic rings. The van der Waals surface area contributed by atoms with Gasteiger partial charge in [-0.3, -0.25) is 0 Å². The summed E-state index contributed by atoms with van der Waals surface area (Å²) >= 11 is 0. The molecule has 0 aliphatic heterocycles. The quantitative estimate of drug-likeness (QED) is 0.661. The maximum Gasteiger partial charge on any atom is 0.116 e. The van der Waals surface area contributed by atoms with Gasteiger partial charge in [0.1, 0.15) is 11.7 Å². The van der Waals surface area contributed by atoms with Crippen LogP contribution >= 0.6 is 0 Å². The molecule has 0 saturated carbocycles. The molecule has 0 amide bonds.